The lowest BCUT2D eigenvalue weighted by Gasteiger charge is -2.06. The van der Waals surface area contributed by atoms with Gasteiger partial charge in [-0.05, 0) is 20.3 Å². The van der Waals surface area contributed by atoms with Crippen LogP contribution in [-0.2, 0) is 25.9 Å². The van der Waals surface area contributed by atoms with Crippen molar-refractivity contribution in [2.75, 3.05) is 0 Å². The molecule has 104 valence electrons. The molecule has 0 aliphatic rings. The molecule has 0 bridgehead atoms. The summed E-state index contributed by atoms with van der Waals surface area (Å²) in [5.74, 6) is 0.483. The average molecular weight is 301 g/mol. The number of halogens is 2. The summed E-state index contributed by atoms with van der Waals surface area (Å²) >= 11 is 12.3. The van der Waals surface area contributed by atoms with Gasteiger partial charge in [0.2, 0.25) is 0 Å². The van der Waals surface area contributed by atoms with E-state index in [1.165, 1.54) is 0 Å². The van der Waals surface area contributed by atoms with Crippen LogP contribution < -0.4 is 0 Å². The van der Waals surface area contributed by atoms with E-state index in [-0.39, 0.29) is 0 Å². The van der Waals surface area contributed by atoms with E-state index < -0.39 is 0 Å². The Morgan fingerprint density at radius 2 is 1.89 bits per heavy atom. The molecule has 0 aliphatic carbocycles. The van der Waals surface area contributed by atoms with Gasteiger partial charge in [0.25, 0.3) is 0 Å². The number of aryl methyl sites for hydroxylation is 3. The molecule has 4 nitrogen and oxygen atoms in total. The van der Waals surface area contributed by atoms with Crippen LogP contribution in [0.5, 0.6) is 0 Å². The minimum absolute atomic E-state index is 0.483. The Bertz CT molecular complexity index is 598. The van der Waals surface area contributed by atoms with Gasteiger partial charge in [-0.1, -0.05) is 18.5 Å². The number of nitrogens with zero attached hydrogens (tertiary/aromatic N) is 4. The van der Waals surface area contributed by atoms with Crippen LogP contribution in [-0.4, -0.2) is 19.6 Å². The lowest BCUT2D eigenvalue weighted by Crippen LogP contribution is -2.09. The molecule has 2 aromatic heterocycles. The maximum absolute atomic E-state index is 6.36. The third kappa shape index (κ3) is 2.51. The molecule has 0 saturated heterocycles. The van der Waals surface area contributed by atoms with Crippen LogP contribution in [0.2, 0.25) is 5.02 Å². The Labute approximate surface area is 123 Å². The van der Waals surface area contributed by atoms with Crippen molar-refractivity contribution >= 4 is 23.2 Å². The van der Waals surface area contributed by atoms with E-state index in [1.54, 1.807) is 0 Å². The van der Waals surface area contributed by atoms with Crippen molar-refractivity contribution < 1.29 is 0 Å². The van der Waals surface area contributed by atoms with Gasteiger partial charge >= 0.3 is 0 Å². The van der Waals surface area contributed by atoms with Crippen LogP contribution in [0.4, 0.5) is 0 Å². The smallest absolute Gasteiger partial charge is 0.0869 e. The largest absolute Gasteiger partial charge is 0.269 e. The fourth-order valence-electron chi connectivity index (χ4n) is 2.21. The highest BCUT2D eigenvalue weighted by Gasteiger charge is 2.16. The van der Waals surface area contributed by atoms with Crippen molar-refractivity contribution in [1.82, 2.24) is 19.6 Å². The highest BCUT2D eigenvalue weighted by molar-refractivity contribution is 6.31. The maximum Gasteiger partial charge on any atom is 0.0869 e. The van der Waals surface area contributed by atoms with Gasteiger partial charge in [0, 0.05) is 18.3 Å². The molecule has 0 aromatic carbocycles. The van der Waals surface area contributed by atoms with Crippen molar-refractivity contribution in [3.63, 3.8) is 0 Å². The third-order valence-corrected chi connectivity index (χ3v) is 4.17. The van der Waals surface area contributed by atoms with E-state index in [0.29, 0.717) is 12.4 Å². The average Bonchev–Trinajstić information content (AvgIpc) is 2.80. The van der Waals surface area contributed by atoms with Crippen molar-refractivity contribution in [1.29, 1.82) is 0 Å². The first-order valence-corrected chi connectivity index (χ1v) is 7.19. The molecule has 0 aliphatic heterocycles. The lowest BCUT2D eigenvalue weighted by molar-refractivity contribution is 0.602. The first-order chi connectivity index (χ1) is 8.99. The Balaban J connectivity index is 2.39. The zero-order valence-electron chi connectivity index (χ0n) is 11.7. The molecule has 6 heteroatoms. The SMILES string of the molecule is CCc1nn(C)c(Cn2nc(C)c(CCl)c2C)c1Cl. The molecule has 19 heavy (non-hydrogen) atoms. The van der Waals surface area contributed by atoms with Gasteiger partial charge in [-0.15, -0.1) is 11.6 Å². The monoisotopic (exact) mass is 300 g/mol. The van der Waals surface area contributed by atoms with Crippen LogP contribution in [0.15, 0.2) is 0 Å². The van der Waals surface area contributed by atoms with Crippen molar-refractivity contribution in [2.45, 2.75) is 39.6 Å². The molecular formula is C13H18Cl2N4. The highest BCUT2D eigenvalue weighted by atomic mass is 35.5. The summed E-state index contributed by atoms with van der Waals surface area (Å²) in [7, 11) is 1.91. The summed E-state index contributed by atoms with van der Waals surface area (Å²) in [5.41, 5.74) is 5.06. The topological polar surface area (TPSA) is 35.6 Å². The summed E-state index contributed by atoms with van der Waals surface area (Å²) in [4.78, 5) is 0. The molecule has 0 unspecified atom stereocenters. The molecule has 0 atom stereocenters. The summed E-state index contributed by atoms with van der Waals surface area (Å²) < 4.78 is 3.77. The first kappa shape index (κ1) is 14.4. The second-order valence-electron chi connectivity index (χ2n) is 4.63. The number of hydrogen-bond donors (Lipinski definition) is 0. The standard InChI is InChI=1S/C13H18Cl2N4/c1-5-11-13(15)12(18(4)17-11)7-19-9(3)10(6-14)8(2)16-19/h5-7H2,1-4H3. The number of hydrogen-bond acceptors (Lipinski definition) is 2. The second kappa shape index (κ2) is 5.55. The summed E-state index contributed by atoms with van der Waals surface area (Å²) in [5, 5.41) is 9.69. The molecule has 0 spiro atoms. The Morgan fingerprint density at radius 1 is 1.21 bits per heavy atom. The molecule has 0 fully saturated rings. The minimum atomic E-state index is 0.483. The number of rotatable bonds is 4. The molecule has 0 amide bonds. The molecular weight excluding hydrogens is 283 g/mol. The van der Waals surface area contributed by atoms with Crippen molar-refractivity contribution in [3.05, 3.63) is 33.4 Å². The lowest BCUT2D eigenvalue weighted by atomic mass is 10.2. The zero-order valence-corrected chi connectivity index (χ0v) is 13.2. The second-order valence-corrected chi connectivity index (χ2v) is 5.27. The fourth-order valence-corrected chi connectivity index (χ4v) is 2.96. The van der Waals surface area contributed by atoms with E-state index in [4.69, 9.17) is 23.2 Å². The van der Waals surface area contributed by atoms with Gasteiger partial charge in [-0.25, -0.2) is 0 Å². The Morgan fingerprint density at radius 3 is 2.37 bits per heavy atom. The molecule has 0 saturated carbocycles. The van der Waals surface area contributed by atoms with Gasteiger partial charge in [-0.3, -0.25) is 9.36 Å². The van der Waals surface area contributed by atoms with Crippen molar-refractivity contribution in [3.8, 4) is 0 Å². The van der Waals surface area contributed by atoms with E-state index in [1.807, 2.05) is 37.2 Å². The number of alkyl halides is 1. The van der Waals surface area contributed by atoms with Crippen LogP contribution in [0.25, 0.3) is 0 Å². The van der Waals surface area contributed by atoms with Gasteiger partial charge in [-0.2, -0.15) is 10.2 Å². The van der Waals surface area contributed by atoms with Gasteiger partial charge in [0.15, 0.2) is 0 Å². The summed E-state index contributed by atoms with van der Waals surface area (Å²) in [6.07, 6.45) is 0.830. The van der Waals surface area contributed by atoms with E-state index in [0.717, 1.165) is 39.8 Å². The maximum atomic E-state index is 6.36. The Kier molecular flexibility index (Phi) is 4.21. The van der Waals surface area contributed by atoms with Gasteiger partial charge in [0.05, 0.1) is 34.5 Å². The molecule has 2 aromatic rings. The predicted octanol–water partition coefficient (Wildman–Crippen LogP) is 3.24. The van der Waals surface area contributed by atoms with Crippen molar-refractivity contribution in [2.24, 2.45) is 7.05 Å². The van der Waals surface area contributed by atoms with Crippen LogP contribution in [0.1, 0.15) is 35.3 Å². The van der Waals surface area contributed by atoms with Gasteiger partial charge in [0.1, 0.15) is 0 Å². The predicted molar refractivity (Wildman–Crippen MR) is 78.0 cm³/mol. The number of aromatic nitrogens is 4. The Hall–Kier alpha value is -1.000. The van der Waals surface area contributed by atoms with Crippen LogP contribution in [0, 0.1) is 13.8 Å². The fraction of sp³-hybridized carbons (Fsp3) is 0.538. The van der Waals surface area contributed by atoms with Crippen LogP contribution >= 0.6 is 23.2 Å². The minimum Gasteiger partial charge on any atom is -0.269 e. The summed E-state index contributed by atoms with van der Waals surface area (Å²) in [6.45, 7) is 6.67. The molecule has 2 rings (SSSR count). The normalized spacial score (nSPS) is 11.3. The molecule has 0 radical (unpaired) electrons. The first-order valence-electron chi connectivity index (χ1n) is 6.28. The summed E-state index contributed by atoms with van der Waals surface area (Å²) in [6, 6.07) is 0. The quantitative estimate of drug-likeness (QED) is 0.813. The van der Waals surface area contributed by atoms with E-state index >= 15 is 0 Å². The van der Waals surface area contributed by atoms with Crippen LogP contribution in [0.3, 0.4) is 0 Å². The van der Waals surface area contributed by atoms with Gasteiger partial charge < -0.3 is 0 Å². The zero-order chi connectivity index (χ0) is 14.2. The van der Waals surface area contributed by atoms with E-state index in [9.17, 15) is 0 Å². The third-order valence-electron chi connectivity index (χ3n) is 3.47. The molecule has 2 heterocycles. The molecule has 0 N–H and O–H groups in total. The highest BCUT2D eigenvalue weighted by Crippen LogP contribution is 2.23. The van der Waals surface area contributed by atoms with E-state index in [2.05, 4.69) is 10.2 Å².